The van der Waals surface area contributed by atoms with Crippen LogP contribution in [-0.2, 0) is 26.2 Å². The SMILES string of the molecule is COc1cc(Cn2cccn2)cc2onc(NS(=O)(=O)c3cccc(N4CCN(CC5CCN(c6ccc7c(c6)C(=O)N(C6CCC(=O)NC6=O)C7=O)C5)CC4)c3)c12. The Balaban J connectivity index is 0.801. The Morgan fingerprint density at radius 1 is 0.897 bits per heavy atom. The molecular weight excluding hydrogens is 767 g/mol. The predicted molar refractivity (Wildman–Crippen MR) is 211 cm³/mol. The van der Waals surface area contributed by atoms with Crippen LogP contribution < -0.4 is 24.6 Å². The van der Waals surface area contributed by atoms with Crippen molar-refractivity contribution in [3.63, 3.8) is 0 Å². The van der Waals surface area contributed by atoms with Crippen molar-refractivity contribution in [3.8, 4) is 5.75 Å². The molecule has 5 aromatic rings. The first kappa shape index (κ1) is 37.3. The summed E-state index contributed by atoms with van der Waals surface area (Å²) in [6.07, 6.45) is 4.69. The van der Waals surface area contributed by atoms with Gasteiger partial charge in [0, 0.05) is 76.0 Å². The molecule has 0 bridgehead atoms. The fraction of sp³-hybridized carbons (Fsp3) is 0.350. The summed E-state index contributed by atoms with van der Waals surface area (Å²) in [4.78, 5) is 58.5. The Labute approximate surface area is 333 Å². The van der Waals surface area contributed by atoms with Crippen molar-refractivity contribution in [1.82, 2.24) is 30.1 Å². The van der Waals surface area contributed by atoms with Crippen molar-refractivity contribution in [2.75, 3.05) is 67.4 Å². The number of anilines is 3. The summed E-state index contributed by atoms with van der Waals surface area (Å²) in [6, 6.07) is 16.6. The van der Waals surface area contributed by atoms with E-state index in [0.717, 1.165) is 74.1 Å². The van der Waals surface area contributed by atoms with E-state index >= 15 is 0 Å². The molecule has 300 valence electrons. The standard InChI is InChI=1S/C40H41N9O8S/c1-56-33-18-26(24-48-12-3-11-41-48)19-34-36(33)37(43-57-34)44-58(54,55)29-5-2-4-27(20-29)46-16-14-45(15-17-46)22-25-10-13-47(23-25)28-6-7-30-31(21-28)40(53)49(39(30)52)32-8-9-35(50)42-38(32)51/h2-7,11-12,18-21,25,32H,8-10,13-17,22-24H2,1H3,(H,43,44)(H,42,50,51). The Hall–Kier alpha value is -6.27. The van der Waals surface area contributed by atoms with Crippen molar-refractivity contribution < 1.29 is 36.9 Å². The summed E-state index contributed by atoms with van der Waals surface area (Å²) in [5.41, 5.74) is 3.45. The van der Waals surface area contributed by atoms with Crippen LogP contribution in [0.4, 0.5) is 17.2 Å². The third-order valence-electron chi connectivity index (χ3n) is 11.4. The summed E-state index contributed by atoms with van der Waals surface area (Å²) in [7, 11) is -2.53. The molecule has 2 atom stereocenters. The van der Waals surface area contributed by atoms with Crippen molar-refractivity contribution in [2.24, 2.45) is 5.92 Å². The van der Waals surface area contributed by atoms with E-state index in [2.05, 4.69) is 35.0 Å². The number of piperidine rings is 1. The number of nitrogens with one attached hydrogen (secondary N) is 2. The topological polar surface area (TPSA) is 193 Å². The number of imide groups is 2. The lowest BCUT2D eigenvalue weighted by Crippen LogP contribution is -2.54. The maximum absolute atomic E-state index is 13.7. The van der Waals surface area contributed by atoms with Gasteiger partial charge in [0.2, 0.25) is 11.8 Å². The highest BCUT2D eigenvalue weighted by Crippen LogP contribution is 2.36. The molecule has 4 aliphatic rings. The quantitative estimate of drug-likeness (QED) is 0.185. The number of sulfonamides is 1. The minimum atomic E-state index is -4.04. The van der Waals surface area contributed by atoms with Crippen LogP contribution in [0.3, 0.4) is 0 Å². The minimum absolute atomic E-state index is 0.0400. The molecule has 0 spiro atoms. The van der Waals surface area contributed by atoms with E-state index in [9.17, 15) is 27.6 Å². The molecule has 17 nitrogen and oxygen atoms in total. The number of fused-ring (bicyclic) bond motifs is 2. The lowest BCUT2D eigenvalue weighted by molar-refractivity contribution is -0.136. The first-order chi connectivity index (χ1) is 28.0. The number of carbonyl (C=O) groups excluding carboxylic acids is 4. The molecule has 4 amide bonds. The molecule has 4 aliphatic heterocycles. The van der Waals surface area contributed by atoms with Gasteiger partial charge in [0.15, 0.2) is 11.4 Å². The number of ether oxygens (including phenoxy) is 1. The molecule has 9 rings (SSSR count). The number of piperazine rings is 1. The maximum atomic E-state index is 13.7. The van der Waals surface area contributed by atoms with Crippen molar-refractivity contribution in [1.29, 1.82) is 0 Å². The number of amides is 4. The molecule has 3 fully saturated rings. The van der Waals surface area contributed by atoms with Crippen LogP contribution in [0.2, 0.25) is 0 Å². The van der Waals surface area contributed by atoms with Gasteiger partial charge in [-0.2, -0.15) is 5.10 Å². The molecule has 3 saturated heterocycles. The van der Waals surface area contributed by atoms with Crippen LogP contribution in [0.25, 0.3) is 11.0 Å². The Morgan fingerprint density at radius 2 is 1.71 bits per heavy atom. The summed E-state index contributed by atoms with van der Waals surface area (Å²) < 4.78 is 42.9. The minimum Gasteiger partial charge on any atom is -0.496 e. The van der Waals surface area contributed by atoms with E-state index in [4.69, 9.17) is 9.26 Å². The number of rotatable bonds is 11. The van der Waals surface area contributed by atoms with E-state index in [1.165, 1.54) is 7.11 Å². The molecule has 2 aromatic heterocycles. The molecule has 18 heteroatoms. The molecule has 58 heavy (non-hydrogen) atoms. The molecule has 2 unspecified atom stereocenters. The normalized spacial score (nSPS) is 20.3. The highest BCUT2D eigenvalue weighted by molar-refractivity contribution is 7.92. The van der Waals surface area contributed by atoms with E-state index in [1.807, 2.05) is 30.5 Å². The third-order valence-corrected chi connectivity index (χ3v) is 12.7. The Bertz CT molecular complexity index is 2550. The number of benzene rings is 3. The van der Waals surface area contributed by atoms with Crippen LogP contribution in [0, 0.1) is 5.92 Å². The average molecular weight is 808 g/mol. The monoisotopic (exact) mass is 807 g/mol. The zero-order valence-corrected chi connectivity index (χ0v) is 32.5. The molecular formula is C40H41N9O8S. The van der Waals surface area contributed by atoms with Crippen molar-refractivity contribution >= 4 is 61.8 Å². The highest BCUT2D eigenvalue weighted by atomic mass is 32.2. The van der Waals surface area contributed by atoms with Gasteiger partial charge >= 0.3 is 0 Å². The van der Waals surface area contributed by atoms with Gasteiger partial charge in [-0.25, -0.2) is 8.42 Å². The van der Waals surface area contributed by atoms with Crippen LogP contribution in [-0.4, -0.2) is 116 Å². The fourth-order valence-electron chi connectivity index (χ4n) is 8.45. The largest absolute Gasteiger partial charge is 0.496 e. The predicted octanol–water partition coefficient (Wildman–Crippen LogP) is 2.93. The number of hydrogen-bond donors (Lipinski definition) is 2. The van der Waals surface area contributed by atoms with Crippen molar-refractivity contribution in [2.45, 2.75) is 36.7 Å². The highest BCUT2D eigenvalue weighted by Gasteiger charge is 2.45. The van der Waals surface area contributed by atoms with E-state index in [0.29, 0.717) is 29.2 Å². The molecule has 2 N–H and O–H groups in total. The average Bonchev–Trinajstić information content (AvgIpc) is 4.04. The van der Waals surface area contributed by atoms with Crippen LogP contribution in [0.1, 0.15) is 45.5 Å². The molecule has 3 aromatic carbocycles. The lowest BCUT2D eigenvalue weighted by atomic mass is 10.0. The van der Waals surface area contributed by atoms with Crippen LogP contribution in [0.15, 0.2) is 82.5 Å². The number of carbonyl (C=O) groups is 4. The summed E-state index contributed by atoms with van der Waals surface area (Å²) in [6.45, 7) is 6.05. The Kier molecular flexibility index (Phi) is 9.59. The van der Waals surface area contributed by atoms with Gasteiger partial charge in [-0.3, -0.25) is 43.7 Å². The maximum Gasteiger partial charge on any atom is 0.263 e. The summed E-state index contributed by atoms with van der Waals surface area (Å²) >= 11 is 0. The molecule has 0 saturated carbocycles. The first-order valence-corrected chi connectivity index (χ1v) is 20.7. The number of methoxy groups -OCH3 is 1. The van der Waals surface area contributed by atoms with E-state index in [1.54, 1.807) is 47.3 Å². The Morgan fingerprint density at radius 3 is 2.48 bits per heavy atom. The number of hydrogen-bond acceptors (Lipinski definition) is 13. The van der Waals surface area contributed by atoms with Crippen LogP contribution >= 0.6 is 0 Å². The van der Waals surface area contributed by atoms with E-state index in [-0.39, 0.29) is 34.7 Å². The van der Waals surface area contributed by atoms with Gasteiger partial charge in [-0.05, 0) is 78.9 Å². The van der Waals surface area contributed by atoms with Gasteiger partial charge in [0.25, 0.3) is 21.8 Å². The van der Waals surface area contributed by atoms with Crippen LogP contribution in [0.5, 0.6) is 5.75 Å². The van der Waals surface area contributed by atoms with Gasteiger partial charge in [0.1, 0.15) is 17.2 Å². The number of nitrogens with zero attached hydrogens (tertiary/aromatic N) is 7. The fourth-order valence-corrected chi connectivity index (χ4v) is 9.50. The van der Waals surface area contributed by atoms with Gasteiger partial charge in [-0.1, -0.05) is 11.2 Å². The lowest BCUT2D eigenvalue weighted by Gasteiger charge is -2.37. The summed E-state index contributed by atoms with van der Waals surface area (Å²) in [5.74, 6) is -1.19. The molecule has 0 radical (unpaired) electrons. The van der Waals surface area contributed by atoms with Gasteiger partial charge in [0.05, 0.1) is 29.7 Å². The molecule has 6 heterocycles. The van der Waals surface area contributed by atoms with Gasteiger partial charge in [-0.15, -0.1) is 0 Å². The summed E-state index contributed by atoms with van der Waals surface area (Å²) in [5, 5.41) is 10.9. The second-order valence-corrected chi connectivity index (χ2v) is 16.8. The number of aromatic nitrogens is 3. The zero-order chi connectivity index (χ0) is 40.1. The molecule has 0 aliphatic carbocycles. The smallest absolute Gasteiger partial charge is 0.263 e. The second-order valence-electron chi connectivity index (χ2n) is 15.1. The third kappa shape index (κ3) is 7.02. The van der Waals surface area contributed by atoms with Gasteiger partial charge < -0.3 is 19.1 Å². The first-order valence-electron chi connectivity index (χ1n) is 19.2. The van der Waals surface area contributed by atoms with Crippen molar-refractivity contribution in [3.05, 3.63) is 89.7 Å². The second kappa shape index (κ2) is 14.9. The van der Waals surface area contributed by atoms with E-state index < -0.39 is 39.7 Å². The zero-order valence-electron chi connectivity index (χ0n) is 31.7.